The predicted molar refractivity (Wildman–Crippen MR) is 87.9 cm³/mol. The molecule has 2 heteroatoms. The minimum absolute atomic E-state index is 0.0564. The van der Waals surface area contributed by atoms with Gasteiger partial charge in [-0.25, -0.2) is 4.39 Å². The molecule has 1 aliphatic carbocycles. The summed E-state index contributed by atoms with van der Waals surface area (Å²) in [5.41, 5.74) is 2.47. The number of benzene rings is 1. The Morgan fingerprint density at radius 2 is 1.95 bits per heavy atom. The first kappa shape index (κ1) is 16.5. The Morgan fingerprint density at radius 3 is 2.57 bits per heavy atom. The Hall–Kier alpha value is -0.890. The largest absolute Gasteiger partial charge is 0.310 e. The van der Waals surface area contributed by atoms with Crippen LogP contribution in [0.15, 0.2) is 18.2 Å². The number of hydrogen-bond donors (Lipinski definition) is 1. The standard InChI is InChI=1S/C19H30FN/c1-5-12-21-18(15-8-10-19(3,4)11-9-15)16-13-14(2)6-7-17(16)20/h6-7,13,15,18,21H,5,8-12H2,1-4H3. The molecule has 118 valence electrons. The van der Waals surface area contributed by atoms with Crippen LogP contribution in [0.25, 0.3) is 0 Å². The van der Waals surface area contributed by atoms with E-state index >= 15 is 0 Å². The summed E-state index contributed by atoms with van der Waals surface area (Å²) in [7, 11) is 0. The average Bonchev–Trinajstić information content (AvgIpc) is 2.44. The molecular formula is C19H30FN. The monoisotopic (exact) mass is 291 g/mol. The van der Waals surface area contributed by atoms with Crippen LogP contribution < -0.4 is 5.32 Å². The fourth-order valence-electron chi connectivity index (χ4n) is 3.49. The number of rotatable bonds is 5. The van der Waals surface area contributed by atoms with Crippen LogP contribution in [0.3, 0.4) is 0 Å². The molecule has 0 bridgehead atoms. The first-order valence-corrected chi connectivity index (χ1v) is 8.42. The molecule has 1 aliphatic rings. The summed E-state index contributed by atoms with van der Waals surface area (Å²) in [6.07, 6.45) is 5.97. The zero-order valence-corrected chi connectivity index (χ0v) is 14.0. The maximum Gasteiger partial charge on any atom is 0.128 e. The van der Waals surface area contributed by atoms with Gasteiger partial charge in [-0.3, -0.25) is 0 Å². The van der Waals surface area contributed by atoms with Gasteiger partial charge in [-0.05, 0) is 63.0 Å². The Morgan fingerprint density at radius 1 is 1.29 bits per heavy atom. The van der Waals surface area contributed by atoms with Crippen molar-refractivity contribution in [3.63, 3.8) is 0 Å². The second-order valence-electron chi connectivity index (χ2n) is 7.46. The summed E-state index contributed by atoms with van der Waals surface area (Å²) >= 11 is 0. The Bertz CT molecular complexity index is 457. The van der Waals surface area contributed by atoms with Crippen LogP contribution in [-0.4, -0.2) is 6.54 Å². The van der Waals surface area contributed by atoms with Crippen LogP contribution in [0.5, 0.6) is 0 Å². The predicted octanol–water partition coefficient (Wildman–Crippen LogP) is 5.39. The fourth-order valence-corrected chi connectivity index (χ4v) is 3.49. The van der Waals surface area contributed by atoms with Gasteiger partial charge in [-0.15, -0.1) is 0 Å². The molecule has 1 fully saturated rings. The number of hydrogen-bond acceptors (Lipinski definition) is 1. The van der Waals surface area contributed by atoms with Gasteiger partial charge in [-0.2, -0.15) is 0 Å². The second-order valence-corrected chi connectivity index (χ2v) is 7.46. The molecule has 0 radical (unpaired) electrons. The Labute approximate surface area is 129 Å². The van der Waals surface area contributed by atoms with E-state index in [1.165, 1.54) is 25.7 Å². The van der Waals surface area contributed by atoms with Gasteiger partial charge in [0.2, 0.25) is 0 Å². The summed E-state index contributed by atoms with van der Waals surface area (Å²) < 4.78 is 14.3. The van der Waals surface area contributed by atoms with E-state index in [9.17, 15) is 4.39 Å². The molecule has 1 saturated carbocycles. The maximum atomic E-state index is 14.3. The maximum absolute atomic E-state index is 14.3. The lowest BCUT2D eigenvalue weighted by Gasteiger charge is -2.38. The molecule has 1 atom stereocenters. The van der Waals surface area contributed by atoms with Gasteiger partial charge in [0.05, 0.1) is 0 Å². The number of halogens is 1. The molecule has 0 amide bonds. The van der Waals surface area contributed by atoms with Gasteiger partial charge < -0.3 is 5.32 Å². The van der Waals surface area contributed by atoms with E-state index < -0.39 is 0 Å². The van der Waals surface area contributed by atoms with E-state index in [4.69, 9.17) is 0 Å². The molecule has 2 rings (SSSR count). The normalized spacial score (nSPS) is 20.4. The Balaban J connectivity index is 2.20. The van der Waals surface area contributed by atoms with Crippen molar-refractivity contribution in [1.82, 2.24) is 5.32 Å². The third-order valence-corrected chi connectivity index (χ3v) is 4.96. The molecule has 0 spiro atoms. The van der Waals surface area contributed by atoms with Crippen molar-refractivity contribution in [3.8, 4) is 0 Å². The van der Waals surface area contributed by atoms with Crippen molar-refractivity contribution in [2.45, 2.75) is 65.8 Å². The van der Waals surface area contributed by atoms with Gasteiger partial charge in [0.25, 0.3) is 0 Å². The highest BCUT2D eigenvalue weighted by Crippen LogP contribution is 2.43. The van der Waals surface area contributed by atoms with Crippen LogP contribution >= 0.6 is 0 Å². The van der Waals surface area contributed by atoms with Crippen molar-refractivity contribution in [3.05, 3.63) is 35.1 Å². The lowest BCUT2D eigenvalue weighted by Crippen LogP contribution is -2.34. The van der Waals surface area contributed by atoms with E-state index in [2.05, 4.69) is 26.1 Å². The first-order chi connectivity index (χ1) is 9.93. The van der Waals surface area contributed by atoms with E-state index in [1.807, 2.05) is 19.1 Å². The summed E-state index contributed by atoms with van der Waals surface area (Å²) in [4.78, 5) is 0. The molecule has 1 N–H and O–H groups in total. The summed E-state index contributed by atoms with van der Waals surface area (Å²) in [6.45, 7) is 9.87. The fraction of sp³-hybridized carbons (Fsp3) is 0.684. The van der Waals surface area contributed by atoms with Crippen LogP contribution in [0.1, 0.15) is 70.0 Å². The van der Waals surface area contributed by atoms with Crippen LogP contribution in [0, 0.1) is 24.1 Å². The molecule has 0 heterocycles. The molecule has 21 heavy (non-hydrogen) atoms. The van der Waals surface area contributed by atoms with Crippen molar-refractivity contribution >= 4 is 0 Å². The highest BCUT2D eigenvalue weighted by Gasteiger charge is 2.32. The Kier molecular flexibility index (Phi) is 5.43. The SMILES string of the molecule is CCCNC(c1cc(C)ccc1F)C1CCC(C)(C)CC1. The van der Waals surface area contributed by atoms with Gasteiger partial charge in [0.1, 0.15) is 5.82 Å². The lowest BCUT2D eigenvalue weighted by atomic mass is 9.70. The molecule has 1 aromatic rings. The van der Waals surface area contributed by atoms with Crippen LogP contribution in [0.4, 0.5) is 4.39 Å². The van der Waals surface area contributed by atoms with Crippen LogP contribution in [0.2, 0.25) is 0 Å². The van der Waals surface area contributed by atoms with Gasteiger partial charge in [0, 0.05) is 11.6 Å². The highest BCUT2D eigenvalue weighted by molar-refractivity contribution is 5.27. The highest BCUT2D eigenvalue weighted by atomic mass is 19.1. The molecule has 1 nitrogen and oxygen atoms in total. The second kappa shape index (κ2) is 6.91. The number of nitrogens with one attached hydrogen (secondary N) is 1. The molecule has 0 aromatic heterocycles. The van der Waals surface area contributed by atoms with E-state index in [0.717, 1.165) is 24.1 Å². The average molecular weight is 291 g/mol. The molecule has 0 aliphatic heterocycles. The van der Waals surface area contributed by atoms with Gasteiger partial charge in [-0.1, -0.05) is 38.5 Å². The quantitative estimate of drug-likeness (QED) is 0.766. The lowest BCUT2D eigenvalue weighted by molar-refractivity contribution is 0.160. The minimum Gasteiger partial charge on any atom is -0.310 e. The zero-order chi connectivity index (χ0) is 15.5. The summed E-state index contributed by atoms with van der Waals surface area (Å²) in [6, 6.07) is 5.68. The summed E-state index contributed by atoms with van der Waals surface area (Å²) in [5, 5.41) is 3.61. The van der Waals surface area contributed by atoms with Crippen molar-refractivity contribution in [2.75, 3.05) is 6.54 Å². The molecule has 0 saturated heterocycles. The zero-order valence-electron chi connectivity index (χ0n) is 14.0. The van der Waals surface area contributed by atoms with E-state index in [1.54, 1.807) is 6.07 Å². The molecule has 1 unspecified atom stereocenters. The third-order valence-electron chi connectivity index (χ3n) is 4.96. The van der Waals surface area contributed by atoms with E-state index in [0.29, 0.717) is 11.3 Å². The van der Waals surface area contributed by atoms with Gasteiger partial charge >= 0.3 is 0 Å². The molecular weight excluding hydrogens is 261 g/mol. The van der Waals surface area contributed by atoms with Gasteiger partial charge in [0.15, 0.2) is 0 Å². The molecule has 1 aromatic carbocycles. The van der Waals surface area contributed by atoms with Crippen LogP contribution in [-0.2, 0) is 0 Å². The minimum atomic E-state index is -0.0564. The van der Waals surface area contributed by atoms with Crippen molar-refractivity contribution < 1.29 is 4.39 Å². The van der Waals surface area contributed by atoms with Crippen molar-refractivity contribution in [2.24, 2.45) is 11.3 Å². The number of aryl methyl sites for hydroxylation is 1. The van der Waals surface area contributed by atoms with E-state index in [-0.39, 0.29) is 11.9 Å². The van der Waals surface area contributed by atoms with Crippen molar-refractivity contribution in [1.29, 1.82) is 0 Å². The first-order valence-electron chi connectivity index (χ1n) is 8.42. The topological polar surface area (TPSA) is 12.0 Å². The smallest absolute Gasteiger partial charge is 0.128 e. The summed E-state index contributed by atoms with van der Waals surface area (Å²) in [5.74, 6) is 0.500. The third kappa shape index (κ3) is 4.29.